The maximum absolute atomic E-state index is 13.8. The highest BCUT2D eigenvalue weighted by atomic mass is 79.9. The molecule has 21 heavy (non-hydrogen) atoms. The van der Waals surface area contributed by atoms with E-state index in [0.717, 1.165) is 35.2 Å². The number of hydrogen-bond donors (Lipinski definition) is 1. The predicted octanol–water partition coefficient (Wildman–Crippen LogP) is 4.55. The average Bonchev–Trinajstić information content (AvgIpc) is 2.85. The Bertz CT molecular complexity index is 615. The van der Waals surface area contributed by atoms with Crippen LogP contribution in [-0.2, 0) is 6.54 Å². The molecule has 1 atom stereocenters. The van der Waals surface area contributed by atoms with Crippen LogP contribution in [0.5, 0.6) is 0 Å². The minimum atomic E-state index is -0.406. The Balaban J connectivity index is 2.52. The summed E-state index contributed by atoms with van der Waals surface area (Å²) in [7, 11) is 0. The smallest absolute Gasteiger partial charge is 0.142 e. The zero-order valence-corrected chi connectivity index (χ0v) is 14.4. The van der Waals surface area contributed by atoms with Crippen LogP contribution in [0.4, 0.5) is 4.39 Å². The van der Waals surface area contributed by atoms with Gasteiger partial charge in [0.1, 0.15) is 5.82 Å². The summed E-state index contributed by atoms with van der Waals surface area (Å²) in [5.41, 5.74) is 1.68. The van der Waals surface area contributed by atoms with Crippen LogP contribution in [-0.4, -0.2) is 16.3 Å². The first-order valence-corrected chi connectivity index (χ1v) is 8.15. The lowest BCUT2D eigenvalue weighted by Crippen LogP contribution is -2.26. The maximum Gasteiger partial charge on any atom is 0.142 e. The second-order valence-electron chi connectivity index (χ2n) is 4.72. The summed E-state index contributed by atoms with van der Waals surface area (Å²) in [5, 5.41) is 7.92. The van der Waals surface area contributed by atoms with E-state index in [2.05, 4.69) is 33.3 Å². The molecule has 0 saturated carbocycles. The first kappa shape index (κ1) is 16.5. The van der Waals surface area contributed by atoms with Gasteiger partial charge in [0, 0.05) is 6.54 Å². The normalized spacial score (nSPS) is 12.6. The average molecular weight is 375 g/mol. The van der Waals surface area contributed by atoms with Gasteiger partial charge < -0.3 is 5.32 Å². The Hall–Kier alpha value is -0.910. The summed E-state index contributed by atoms with van der Waals surface area (Å²) in [6, 6.07) is 4.69. The lowest BCUT2D eigenvalue weighted by Gasteiger charge is -2.22. The third-order valence-electron chi connectivity index (χ3n) is 3.30. The number of rotatable bonds is 6. The third-order valence-corrected chi connectivity index (χ3v) is 4.31. The highest BCUT2D eigenvalue weighted by molar-refractivity contribution is 9.10. The Labute approximate surface area is 137 Å². The van der Waals surface area contributed by atoms with E-state index in [0.29, 0.717) is 0 Å². The van der Waals surface area contributed by atoms with Crippen LogP contribution in [0.2, 0.25) is 5.02 Å². The van der Waals surface area contributed by atoms with Gasteiger partial charge in [0.05, 0.1) is 27.4 Å². The van der Waals surface area contributed by atoms with Crippen molar-refractivity contribution in [3.8, 4) is 0 Å². The molecule has 2 rings (SSSR count). The molecule has 0 bridgehead atoms. The summed E-state index contributed by atoms with van der Waals surface area (Å²) in [5.74, 6) is -0.406. The lowest BCUT2D eigenvalue weighted by molar-refractivity contribution is 0.525. The standard InChI is InChI=1S/C15H18BrClFN3/c1-3-8-19-14(10-6-5-7-12(18)13(10)17)15-11(16)9-20-21(15)4-2/h5-7,9,14,19H,3-4,8H2,1-2H3. The number of hydrogen-bond acceptors (Lipinski definition) is 2. The van der Waals surface area contributed by atoms with Gasteiger partial charge >= 0.3 is 0 Å². The molecule has 0 aliphatic carbocycles. The fourth-order valence-corrected chi connectivity index (χ4v) is 3.06. The van der Waals surface area contributed by atoms with E-state index in [1.165, 1.54) is 6.07 Å². The molecule has 0 amide bonds. The molecule has 0 radical (unpaired) electrons. The highest BCUT2D eigenvalue weighted by Gasteiger charge is 2.24. The molecule has 2 aromatic rings. The van der Waals surface area contributed by atoms with E-state index < -0.39 is 5.82 Å². The van der Waals surface area contributed by atoms with Crippen molar-refractivity contribution < 1.29 is 4.39 Å². The Morgan fingerprint density at radius 1 is 1.43 bits per heavy atom. The van der Waals surface area contributed by atoms with Crippen LogP contribution >= 0.6 is 27.5 Å². The van der Waals surface area contributed by atoms with Crippen LogP contribution in [0.1, 0.15) is 37.6 Å². The zero-order chi connectivity index (χ0) is 15.4. The minimum absolute atomic E-state index is 0.154. The number of nitrogens with zero attached hydrogens (tertiary/aromatic N) is 2. The molecule has 1 heterocycles. The van der Waals surface area contributed by atoms with Crippen molar-refractivity contribution in [2.75, 3.05) is 6.54 Å². The zero-order valence-electron chi connectivity index (χ0n) is 12.0. The topological polar surface area (TPSA) is 29.9 Å². The number of benzene rings is 1. The minimum Gasteiger partial charge on any atom is -0.305 e. The van der Waals surface area contributed by atoms with Gasteiger partial charge in [0.2, 0.25) is 0 Å². The van der Waals surface area contributed by atoms with Crippen molar-refractivity contribution in [1.82, 2.24) is 15.1 Å². The fraction of sp³-hybridized carbons (Fsp3) is 0.400. The molecule has 1 aromatic carbocycles. The van der Waals surface area contributed by atoms with Crippen LogP contribution in [0.15, 0.2) is 28.9 Å². The molecule has 0 saturated heterocycles. The second kappa shape index (κ2) is 7.38. The first-order valence-electron chi connectivity index (χ1n) is 6.98. The Kier molecular flexibility index (Phi) is 5.79. The predicted molar refractivity (Wildman–Crippen MR) is 87.1 cm³/mol. The van der Waals surface area contributed by atoms with Gasteiger partial charge in [-0.2, -0.15) is 5.10 Å². The maximum atomic E-state index is 13.8. The van der Waals surface area contributed by atoms with Crippen molar-refractivity contribution in [3.05, 3.63) is 51.0 Å². The third kappa shape index (κ3) is 3.47. The highest BCUT2D eigenvalue weighted by Crippen LogP contribution is 2.33. The first-order chi connectivity index (χ1) is 10.1. The van der Waals surface area contributed by atoms with Gasteiger partial charge in [-0.1, -0.05) is 30.7 Å². The molecular weight excluding hydrogens is 357 g/mol. The Morgan fingerprint density at radius 2 is 2.19 bits per heavy atom. The lowest BCUT2D eigenvalue weighted by atomic mass is 10.0. The fourth-order valence-electron chi connectivity index (χ4n) is 2.30. The van der Waals surface area contributed by atoms with Crippen molar-refractivity contribution >= 4 is 27.5 Å². The van der Waals surface area contributed by atoms with E-state index in [1.54, 1.807) is 12.3 Å². The molecular formula is C15H18BrClFN3. The van der Waals surface area contributed by atoms with Crippen LogP contribution < -0.4 is 5.32 Å². The molecule has 0 aliphatic rings. The molecule has 1 aromatic heterocycles. The van der Waals surface area contributed by atoms with Crippen LogP contribution in [0, 0.1) is 5.82 Å². The van der Waals surface area contributed by atoms with E-state index in [-0.39, 0.29) is 11.1 Å². The van der Waals surface area contributed by atoms with Crippen molar-refractivity contribution in [2.45, 2.75) is 32.9 Å². The molecule has 114 valence electrons. The quantitative estimate of drug-likeness (QED) is 0.804. The number of aryl methyl sites for hydroxylation is 1. The molecule has 0 fully saturated rings. The van der Waals surface area contributed by atoms with E-state index in [9.17, 15) is 4.39 Å². The van der Waals surface area contributed by atoms with E-state index in [4.69, 9.17) is 11.6 Å². The number of nitrogens with one attached hydrogen (secondary N) is 1. The summed E-state index contributed by atoms with van der Waals surface area (Å²) in [4.78, 5) is 0. The van der Waals surface area contributed by atoms with Crippen molar-refractivity contribution in [1.29, 1.82) is 0 Å². The molecule has 3 nitrogen and oxygen atoms in total. The molecule has 6 heteroatoms. The van der Waals surface area contributed by atoms with Gasteiger partial charge in [-0.3, -0.25) is 4.68 Å². The van der Waals surface area contributed by atoms with Crippen molar-refractivity contribution in [2.24, 2.45) is 0 Å². The number of halogens is 3. The van der Waals surface area contributed by atoms with Gasteiger partial charge in [-0.25, -0.2) is 4.39 Å². The van der Waals surface area contributed by atoms with E-state index >= 15 is 0 Å². The van der Waals surface area contributed by atoms with Crippen LogP contribution in [0.25, 0.3) is 0 Å². The summed E-state index contributed by atoms with van der Waals surface area (Å²) in [6.45, 7) is 5.65. The summed E-state index contributed by atoms with van der Waals surface area (Å²) >= 11 is 9.70. The van der Waals surface area contributed by atoms with Crippen molar-refractivity contribution in [3.63, 3.8) is 0 Å². The monoisotopic (exact) mass is 373 g/mol. The largest absolute Gasteiger partial charge is 0.305 e. The SMILES string of the molecule is CCCNC(c1cccc(F)c1Cl)c1c(Br)cnn1CC. The van der Waals surface area contributed by atoms with Gasteiger partial charge in [0.25, 0.3) is 0 Å². The van der Waals surface area contributed by atoms with Gasteiger partial charge in [-0.05, 0) is 47.4 Å². The summed E-state index contributed by atoms with van der Waals surface area (Å²) < 4.78 is 16.6. The molecule has 0 spiro atoms. The van der Waals surface area contributed by atoms with Gasteiger partial charge in [-0.15, -0.1) is 0 Å². The van der Waals surface area contributed by atoms with E-state index in [1.807, 2.05) is 17.7 Å². The molecule has 1 unspecified atom stereocenters. The second-order valence-corrected chi connectivity index (χ2v) is 5.96. The molecule has 1 N–H and O–H groups in total. The van der Waals surface area contributed by atoms with Gasteiger partial charge in [0.15, 0.2) is 0 Å². The summed E-state index contributed by atoms with van der Waals surface area (Å²) in [6.07, 6.45) is 2.73. The Morgan fingerprint density at radius 3 is 2.86 bits per heavy atom. The number of aromatic nitrogens is 2. The molecule has 0 aliphatic heterocycles. The van der Waals surface area contributed by atoms with Crippen LogP contribution in [0.3, 0.4) is 0 Å².